The van der Waals surface area contributed by atoms with Crippen molar-refractivity contribution in [2.24, 2.45) is 0 Å². The predicted molar refractivity (Wildman–Crippen MR) is 267 cm³/mol. The van der Waals surface area contributed by atoms with E-state index in [2.05, 4.69) is 240 Å². The van der Waals surface area contributed by atoms with Gasteiger partial charge in [0.05, 0.1) is 17.1 Å². The molecule has 0 atom stereocenters. The van der Waals surface area contributed by atoms with Crippen molar-refractivity contribution in [2.75, 3.05) is 9.80 Å². The van der Waals surface area contributed by atoms with Gasteiger partial charge in [-0.3, -0.25) is 0 Å². The molecule has 0 spiro atoms. The van der Waals surface area contributed by atoms with Gasteiger partial charge in [-0.2, -0.15) is 0 Å². The first kappa shape index (κ1) is 36.5. The third-order valence-corrected chi connectivity index (χ3v) is 14.3. The average Bonchev–Trinajstić information content (AvgIpc) is 3.72. The second-order valence-corrected chi connectivity index (χ2v) is 17.9. The molecule has 1 aliphatic heterocycles. The van der Waals surface area contributed by atoms with Crippen molar-refractivity contribution >= 4 is 88.2 Å². The maximum atomic E-state index is 2.43. The van der Waals surface area contributed by atoms with Gasteiger partial charge in [-0.15, -0.1) is 11.3 Å². The Morgan fingerprint density at radius 2 is 0.855 bits per heavy atom. The minimum absolute atomic E-state index is 1.12. The van der Waals surface area contributed by atoms with Gasteiger partial charge in [0.1, 0.15) is 0 Å². The van der Waals surface area contributed by atoms with Crippen molar-refractivity contribution in [3.05, 3.63) is 231 Å². The molecule has 292 valence electrons. The van der Waals surface area contributed by atoms with E-state index in [9.17, 15) is 0 Å². The summed E-state index contributed by atoms with van der Waals surface area (Å²) in [5.41, 5.74) is 14.1. The summed E-state index contributed by atoms with van der Waals surface area (Å²) < 4.78 is 2.66. The van der Waals surface area contributed by atoms with Gasteiger partial charge < -0.3 is 9.80 Å². The first-order chi connectivity index (χ1) is 30.7. The first-order valence-corrected chi connectivity index (χ1v) is 22.6. The number of benzene rings is 10. The Bertz CT molecular complexity index is 3420. The van der Waals surface area contributed by atoms with E-state index in [1.54, 1.807) is 0 Å². The third-order valence-electron chi connectivity index (χ3n) is 12.0. The Kier molecular flexibility index (Phi) is 8.98. The lowest BCUT2D eigenvalue weighted by Crippen LogP contribution is -2.15. The standard InChI is InChI=1S/C58H38N2S2/c1-3-12-39(13-4-1)44-26-33-53-57(37-44)62-58-38-45(41-22-29-47(30-23-41)59(46-16-5-2-6-17-46)52-20-11-15-42-14-7-8-18-49(42)52)27-34-54(58)60(53)48-31-24-40(25-32-48)43-28-35-56-51(36-43)50-19-9-10-21-55(50)61-56/h1-38H. The number of nitrogens with zero attached hydrogens (tertiary/aromatic N) is 2. The van der Waals surface area contributed by atoms with Crippen molar-refractivity contribution < 1.29 is 0 Å². The van der Waals surface area contributed by atoms with Crippen LogP contribution in [0.4, 0.5) is 34.1 Å². The molecule has 10 aromatic carbocycles. The molecule has 0 saturated heterocycles. The van der Waals surface area contributed by atoms with Crippen LogP contribution in [-0.2, 0) is 0 Å². The number of rotatable bonds is 7. The molecule has 11 aromatic rings. The van der Waals surface area contributed by atoms with Crippen LogP contribution < -0.4 is 9.80 Å². The fraction of sp³-hybridized carbons (Fsp3) is 0. The second-order valence-electron chi connectivity index (χ2n) is 15.7. The normalized spacial score (nSPS) is 12.1. The van der Waals surface area contributed by atoms with E-state index in [-0.39, 0.29) is 0 Å². The number of hydrogen-bond donors (Lipinski definition) is 0. The van der Waals surface area contributed by atoms with Crippen molar-refractivity contribution in [3.63, 3.8) is 0 Å². The van der Waals surface area contributed by atoms with Crippen molar-refractivity contribution in [1.82, 2.24) is 0 Å². The van der Waals surface area contributed by atoms with E-state index in [0.29, 0.717) is 0 Å². The molecule has 0 amide bonds. The zero-order valence-corrected chi connectivity index (χ0v) is 35.3. The fourth-order valence-electron chi connectivity index (χ4n) is 9.00. The van der Waals surface area contributed by atoms with E-state index in [4.69, 9.17) is 0 Å². The highest BCUT2D eigenvalue weighted by Gasteiger charge is 2.26. The van der Waals surface area contributed by atoms with Crippen LogP contribution in [0.25, 0.3) is 64.3 Å². The number of fused-ring (bicyclic) bond motifs is 6. The topological polar surface area (TPSA) is 6.48 Å². The van der Waals surface area contributed by atoms with Crippen molar-refractivity contribution in [2.45, 2.75) is 9.79 Å². The van der Waals surface area contributed by atoms with Crippen LogP contribution in [0.5, 0.6) is 0 Å². The predicted octanol–water partition coefficient (Wildman–Crippen LogP) is 17.6. The molecule has 62 heavy (non-hydrogen) atoms. The molecule has 0 N–H and O–H groups in total. The summed E-state index contributed by atoms with van der Waals surface area (Å²) in [6, 6.07) is 84.1. The molecule has 0 fully saturated rings. The van der Waals surface area contributed by atoms with Crippen LogP contribution in [0.3, 0.4) is 0 Å². The monoisotopic (exact) mass is 826 g/mol. The molecular weight excluding hydrogens is 789 g/mol. The Hall–Kier alpha value is -7.37. The van der Waals surface area contributed by atoms with Crippen molar-refractivity contribution in [3.8, 4) is 33.4 Å². The lowest BCUT2D eigenvalue weighted by atomic mass is 10.0. The number of thiophene rings is 1. The van der Waals surface area contributed by atoms with Crippen LogP contribution in [-0.4, -0.2) is 0 Å². The van der Waals surface area contributed by atoms with Gasteiger partial charge in [0, 0.05) is 52.4 Å². The first-order valence-electron chi connectivity index (χ1n) is 21.0. The smallest absolute Gasteiger partial charge is 0.0602 e. The molecule has 0 saturated carbocycles. The zero-order valence-electron chi connectivity index (χ0n) is 33.7. The Labute approximate surface area is 369 Å². The van der Waals surface area contributed by atoms with Crippen LogP contribution in [0.2, 0.25) is 0 Å². The van der Waals surface area contributed by atoms with Gasteiger partial charge in [0.2, 0.25) is 0 Å². The van der Waals surface area contributed by atoms with Gasteiger partial charge in [-0.05, 0) is 124 Å². The van der Waals surface area contributed by atoms with E-state index >= 15 is 0 Å². The maximum Gasteiger partial charge on any atom is 0.0602 e. The van der Waals surface area contributed by atoms with Gasteiger partial charge in [-0.1, -0.05) is 157 Å². The van der Waals surface area contributed by atoms with E-state index in [0.717, 1.165) is 22.7 Å². The molecule has 0 radical (unpaired) electrons. The molecule has 4 heteroatoms. The fourth-order valence-corrected chi connectivity index (χ4v) is 11.2. The largest absolute Gasteiger partial charge is 0.310 e. The SMILES string of the molecule is c1ccc(-c2ccc3c(c2)Sc2cc(-c4ccc(N(c5ccccc5)c5cccc6ccccc56)cc4)ccc2N3c2ccc(-c3ccc4sc5ccccc5c4c3)cc2)cc1. The number of hydrogen-bond acceptors (Lipinski definition) is 4. The Morgan fingerprint density at radius 1 is 0.339 bits per heavy atom. The van der Waals surface area contributed by atoms with Crippen LogP contribution in [0.1, 0.15) is 0 Å². The summed E-state index contributed by atoms with van der Waals surface area (Å²) in [5.74, 6) is 0. The average molecular weight is 827 g/mol. The summed E-state index contributed by atoms with van der Waals surface area (Å²) >= 11 is 3.72. The molecule has 0 unspecified atom stereocenters. The second kappa shape index (κ2) is 15.3. The lowest BCUT2D eigenvalue weighted by molar-refractivity contribution is 1.17. The maximum absolute atomic E-state index is 2.43. The molecule has 0 bridgehead atoms. The van der Waals surface area contributed by atoms with E-state index in [1.165, 1.54) is 85.5 Å². The van der Waals surface area contributed by atoms with E-state index in [1.807, 2.05) is 23.1 Å². The highest BCUT2D eigenvalue weighted by molar-refractivity contribution is 7.99. The highest BCUT2D eigenvalue weighted by atomic mass is 32.2. The molecule has 12 rings (SSSR count). The summed E-state index contributed by atoms with van der Waals surface area (Å²) in [5, 5.41) is 5.09. The zero-order chi connectivity index (χ0) is 41.0. The quantitative estimate of drug-likeness (QED) is 0.158. The van der Waals surface area contributed by atoms with Gasteiger partial charge >= 0.3 is 0 Å². The number of anilines is 6. The van der Waals surface area contributed by atoms with Gasteiger partial charge in [0.15, 0.2) is 0 Å². The molecule has 1 aliphatic rings. The molecule has 2 nitrogen and oxygen atoms in total. The van der Waals surface area contributed by atoms with Crippen molar-refractivity contribution in [1.29, 1.82) is 0 Å². The Balaban J connectivity index is 0.920. The van der Waals surface area contributed by atoms with Crippen LogP contribution >= 0.6 is 23.1 Å². The van der Waals surface area contributed by atoms with Crippen LogP contribution in [0, 0.1) is 0 Å². The lowest BCUT2D eigenvalue weighted by Gasteiger charge is -2.33. The summed E-state index contributed by atoms with van der Waals surface area (Å²) in [6.07, 6.45) is 0. The van der Waals surface area contributed by atoms with E-state index < -0.39 is 0 Å². The highest BCUT2D eigenvalue weighted by Crippen LogP contribution is 2.53. The third kappa shape index (κ3) is 6.44. The van der Waals surface area contributed by atoms with Gasteiger partial charge in [0.25, 0.3) is 0 Å². The summed E-state index contributed by atoms with van der Waals surface area (Å²) in [7, 11) is 0. The molecule has 1 aromatic heterocycles. The Morgan fingerprint density at radius 3 is 1.58 bits per heavy atom. The molecular formula is C58H38N2S2. The minimum atomic E-state index is 1.12. The number of para-hydroxylation sites is 1. The minimum Gasteiger partial charge on any atom is -0.310 e. The summed E-state index contributed by atoms with van der Waals surface area (Å²) in [4.78, 5) is 7.26. The summed E-state index contributed by atoms with van der Waals surface area (Å²) in [6.45, 7) is 0. The molecule has 2 heterocycles. The van der Waals surface area contributed by atoms with Gasteiger partial charge in [-0.25, -0.2) is 0 Å². The van der Waals surface area contributed by atoms with Crippen LogP contribution in [0.15, 0.2) is 240 Å². The molecule has 0 aliphatic carbocycles.